The fraction of sp³-hybridized carbons (Fsp3) is 0.562. The first-order chi connectivity index (χ1) is 10.2. The molecule has 1 saturated heterocycles. The molecule has 2 atom stereocenters. The minimum Gasteiger partial charge on any atom is -0.491 e. The monoisotopic (exact) mass is 294 g/mol. The van der Waals surface area contributed by atoms with E-state index in [1.807, 2.05) is 0 Å². The SMILES string of the molecule is CC1NCCCC1NC(=O)CCCOc1ccccc1F. The summed E-state index contributed by atoms with van der Waals surface area (Å²) in [6.45, 7) is 3.45. The van der Waals surface area contributed by atoms with Crippen molar-refractivity contribution in [1.82, 2.24) is 10.6 Å². The largest absolute Gasteiger partial charge is 0.491 e. The zero-order valence-electron chi connectivity index (χ0n) is 12.4. The minimum atomic E-state index is -0.371. The van der Waals surface area contributed by atoms with Crippen molar-refractivity contribution in [2.75, 3.05) is 13.2 Å². The molecule has 1 aliphatic heterocycles. The third-order valence-corrected chi connectivity index (χ3v) is 3.75. The molecule has 2 N–H and O–H groups in total. The van der Waals surface area contributed by atoms with Gasteiger partial charge in [0.1, 0.15) is 0 Å². The van der Waals surface area contributed by atoms with Crippen LogP contribution in [-0.4, -0.2) is 31.1 Å². The van der Waals surface area contributed by atoms with Gasteiger partial charge in [-0.2, -0.15) is 0 Å². The molecule has 2 unspecified atom stereocenters. The highest BCUT2D eigenvalue weighted by Crippen LogP contribution is 2.15. The van der Waals surface area contributed by atoms with E-state index in [1.165, 1.54) is 6.07 Å². The first kappa shape index (κ1) is 15.8. The fourth-order valence-electron chi connectivity index (χ4n) is 2.50. The van der Waals surface area contributed by atoms with Crippen LogP contribution in [0, 0.1) is 5.82 Å². The Hall–Kier alpha value is -1.62. The smallest absolute Gasteiger partial charge is 0.220 e. The van der Waals surface area contributed by atoms with E-state index in [9.17, 15) is 9.18 Å². The van der Waals surface area contributed by atoms with Gasteiger partial charge in [-0.3, -0.25) is 4.79 Å². The van der Waals surface area contributed by atoms with Crippen molar-refractivity contribution in [3.8, 4) is 5.75 Å². The van der Waals surface area contributed by atoms with Crippen LogP contribution in [0.3, 0.4) is 0 Å². The zero-order chi connectivity index (χ0) is 15.1. The summed E-state index contributed by atoms with van der Waals surface area (Å²) in [5.74, 6) is -0.0975. The third-order valence-electron chi connectivity index (χ3n) is 3.75. The van der Waals surface area contributed by atoms with E-state index in [-0.39, 0.29) is 23.5 Å². The third kappa shape index (κ3) is 5.01. The molecule has 1 heterocycles. The number of hydrogen-bond acceptors (Lipinski definition) is 3. The van der Waals surface area contributed by atoms with Crippen LogP contribution in [0.1, 0.15) is 32.6 Å². The molecule has 1 amide bonds. The van der Waals surface area contributed by atoms with E-state index in [2.05, 4.69) is 17.6 Å². The molecule has 4 nitrogen and oxygen atoms in total. The van der Waals surface area contributed by atoms with Gasteiger partial charge in [-0.15, -0.1) is 0 Å². The van der Waals surface area contributed by atoms with Crippen molar-refractivity contribution in [2.45, 2.75) is 44.7 Å². The molecule has 1 aromatic rings. The molecule has 0 aliphatic carbocycles. The van der Waals surface area contributed by atoms with Gasteiger partial charge in [0.25, 0.3) is 0 Å². The molecule has 1 aromatic carbocycles. The summed E-state index contributed by atoms with van der Waals surface area (Å²) in [6.07, 6.45) is 3.09. The second kappa shape index (κ2) is 7.98. The maximum atomic E-state index is 13.3. The topological polar surface area (TPSA) is 50.4 Å². The van der Waals surface area contributed by atoms with Gasteiger partial charge in [0, 0.05) is 18.5 Å². The summed E-state index contributed by atoms with van der Waals surface area (Å²) >= 11 is 0. The summed E-state index contributed by atoms with van der Waals surface area (Å²) < 4.78 is 18.6. The average molecular weight is 294 g/mol. The van der Waals surface area contributed by atoms with E-state index >= 15 is 0 Å². The van der Waals surface area contributed by atoms with Crippen LogP contribution in [0.15, 0.2) is 24.3 Å². The first-order valence-electron chi connectivity index (χ1n) is 7.57. The van der Waals surface area contributed by atoms with Crippen molar-refractivity contribution in [2.24, 2.45) is 0 Å². The molecule has 0 aromatic heterocycles. The number of carbonyl (C=O) groups excluding carboxylic acids is 1. The highest BCUT2D eigenvalue weighted by atomic mass is 19.1. The van der Waals surface area contributed by atoms with E-state index in [4.69, 9.17) is 4.74 Å². The maximum absolute atomic E-state index is 13.3. The number of nitrogens with one attached hydrogen (secondary N) is 2. The van der Waals surface area contributed by atoms with Gasteiger partial charge < -0.3 is 15.4 Å². The Morgan fingerprint density at radius 2 is 2.29 bits per heavy atom. The van der Waals surface area contributed by atoms with E-state index in [0.29, 0.717) is 25.5 Å². The van der Waals surface area contributed by atoms with Gasteiger partial charge in [-0.1, -0.05) is 12.1 Å². The quantitative estimate of drug-likeness (QED) is 0.791. The van der Waals surface area contributed by atoms with Crippen molar-refractivity contribution < 1.29 is 13.9 Å². The Morgan fingerprint density at radius 3 is 3.05 bits per heavy atom. The Labute approximate surface area is 125 Å². The van der Waals surface area contributed by atoms with Crippen LogP contribution in [-0.2, 0) is 4.79 Å². The van der Waals surface area contributed by atoms with Crippen LogP contribution in [0.2, 0.25) is 0 Å². The highest BCUT2D eigenvalue weighted by molar-refractivity contribution is 5.76. The molecular weight excluding hydrogens is 271 g/mol. The van der Waals surface area contributed by atoms with Gasteiger partial charge in [0.15, 0.2) is 11.6 Å². The van der Waals surface area contributed by atoms with E-state index in [0.717, 1.165) is 19.4 Å². The fourth-order valence-corrected chi connectivity index (χ4v) is 2.50. The lowest BCUT2D eigenvalue weighted by Gasteiger charge is -2.30. The summed E-state index contributed by atoms with van der Waals surface area (Å²) in [4.78, 5) is 11.9. The number of ether oxygens (including phenoxy) is 1. The molecule has 116 valence electrons. The highest BCUT2D eigenvalue weighted by Gasteiger charge is 2.21. The van der Waals surface area contributed by atoms with Crippen LogP contribution in [0.4, 0.5) is 4.39 Å². The van der Waals surface area contributed by atoms with Crippen molar-refractivity contribution >= 4 is 5.91 Å². The Morgan fingerprint density at radius 1 is 1.48 bits per heavy atom. The molecule has 2 rings (SSSR count). The Kier molecular flexibility index (Phi) is 5.99. The molecule has 5 heteroatoms. The Bertz CT molecular complexity index is 467. The summed E-state index contributed by atoms with van der Waals surface area (Å²) in [7, 11) is 0. The number of piperidine rings is 1. The van der Waals surface area contributed by atoms with Crippen molar-refractivity contribution in [3.05, 3.63) is 30.1 Å². The molecular formula is C16H23FN2O2. The molecule has 0 saturated carbocycles. The Balaban J connectivity index is 1.64. The second-order valence-corrected chi connectivity index (χ2v) is 5.44. The normalized spacial score (nSPS) is 21.8. The molecule has 21 heavy (non-hydrogen) atoms. The molecule has 1 fully saturated rings. The van der Waals surface area contributed by atoms with Crippen LogP contribution >= 0.6 is 0 Å². The minimum absolute atomic E-state index is 0.0349. The van der Waals surface area contributed by atoms with Crippen molar-refractivity contribution in [3.63, 3.8) is 0 Å². The van der Waals surface area contributed by atoms with Gasteiger partial charge in [0.05, 0.1) is 6.61 Å². The number of hydrogen-bond donors (Lipinski definition) is 2. The lowest BCUT2D eigenvalue weighted by Crippen LogP contribution is -2.51. The molecule has 1 aliphatic rings. The van der Waals surface area contributed by atoms with Crippen molar-refractivity contribution in [1.29, 1.82) is 0 Å². The number of para-hydroxylation sites is 1. The lowest BCUT2D eigenvalue weighted by molar-refractivity contribution is -0.122. The van der Waals surface area contributed by atoms with Crippen LogP contribution in [0.5, 0.6) is 5.75 Å². The summed E-state index contributed by atoms with van der Waals surface area (Å²) in [5, 5.41) is 6.40. The van der Waals surface area contributed by atoms with Gasteiger partial charge >= 0.3 is 0 Å². The number of carbonyl (C=O) groups is 1. The molecule has 0 bridgehead atoms. The average Bonchev–Trinajstić information content (AvgIpc) is 2.48. The number of rotatable bonds is 6. The summed E-state index contributed by atoms with van der Waals surface area (Å²) in [6, 6.07) is 6.82. The summed E-state index contributed by atoms with van der Waals surface area (Å²) in [5.41, 5.74) is 0. The lowest BCUT2D eigenvalue weighted by atomic mass is 10.00. The predicted molar refractivity (Wildman–Crippen MR) is 79.8 cm³/mol. The van der Waals surface area contributed by atoms with Gasteiger partial charge in [0.2, 0.25) is 5.91 Å². The number of halogens is 1. The second-order valence-electron chi connectivity index (χ2n) is 5.44. The first-order valence-corrected chi connectivity index (χ1v) is 7.57. The molecule has 0 spiro atoms. The van der Waals surface area contributed by atoms with Gasteiger partial charge in [-0.05, 0) is 44.9 Å². The molecule has 0 radical (unpaired) electrons. The predicted octanol–water partition coefficient (Wildman–Crippen LogP) is 2.24. The van der Waals surface area contributed by atoms with Gasteiger partial charge in [-0.25, -0.2) is 4.39 Å². The van der Waals surface area contributed by atoms with Crippen LogP contribution in [0.25, 0.3) is 0 Å². The maximum Gasteiger partial charge on any atom is 0.220 e. The van der Waals surface area contributed by atoms with Crippen LogP contribution < -0.4 is 15.4 Å². The standard InChI is InChI=1S/C16H23FN2O2/c1-12-14(7-4-10-18-12)19-16(20)9-5-11-21-15-8-3-2-6-13(15)17/h2-3,6,8,12,14,18H,4-5,7,9-11H2,1H3,(H,19,20). The van der Waals surface area contributed by atoms with E-state index in [1.54, 1.807) is 18.2 Å². The number of amides is 1. The zero-order valence-corrected chi connectivity index (χ0v) is 12.4. The number of benzene rings is 1. The van der Waals surface area contributed by atoms with E-state index < -0.39 is 0 Å².